The molecule has 1 heteroatoms. The highest BCUT2D eigenvalue weighted by Crippen LogP contribution is 1.96. The van der Waals surface area contributed by atoms with Crippen molar-refractivity contribution >= 4 is 0 Å². The van der Waals surface area contributed by atoms with Crippen molar-refractivity contribution < 1.29 is 4.74 Å². The molecule has 13 heavy (non-hydrogen) atoms. The summed E-state index contributed by atoms with van der Waals surface area (Å²) in [5, 5.41) is 0. The van der Waals surface area contributed by atoms with Crippen LogP contribution in [-0.2, 0) is 4.74 Å². The molecule has 0 aromatic heterocycles. The molecule has 0 unspecified atom stereocenters. The first-order valence-corrected chi connectivity index (χ1v) is 5.04. The number of ether oxygens (including phenoxy) is 1. The summed E-state index contributed by atoms with van der Waals surface area (Å²) in [4.78, 5) is 0. The molecular formula is C12H24O. The van der Waals surface area contributed by atoms with Gasteiger partial charge in [0.25, 0.3) is 0 Å². The van der Waals surface area contributed by atoms with Crippen molar-refractivity contribution in [1.82, 2.24) is 0 Å². The van der Waals surface area contributed by atoms with Crippen molar-refractivity contribution in [2.45, 2.75) is 39.5 Å². The largest absolute Gasteiger partial charge is 0.385 e. The first-order valence-electron chi connectivity index (χ1n) is 5.04. The summed E-state index contributed by atoms with van der Waals surface area (Å²) in [5.41, 5.74) is 0. The Hall–Kier alpha value is -0.560. The molecule has 0 rings (SSSR count). The van der Waals surface area contributed by atoms with Crippen LogP contribution in [0.2, 0.25) is 0 Å². The fraction of sp³-hybridized carbons (Fsp3) is 0.667. The molecule has 78 valence electrons. The zero-order valence-electron chi connectivity index (χ0n) is 9.38. The Morgan fingerprint density at radius 2 is 1.85 bits per heavy atom. The Morgan fingerprint density at radius 1 is 1.23 bits per heavy atom. The minimum absolute atomic E-state index is 0.903. The van der Waals surface area contributed by atoms with Gasteiger partial charge in [0.1, 0.15) is 0 Å². The second-order valence-electron chi connectivity index (χ2n) is 2.78. The van der Waals surface area contributed by atoms with E-state index in [1.165, 1.54) is 19.3 Å². The van der Waals surface area contributed by atoms with Crippen LogP contribution in [0.25, 0.3) is 0 Å². The molecule has 0 aromatic rings. The molecule has 0 N–H and O–H groups in total. The Balaban J connectivity index is 0. The van der Waals surface area contributed by atoms with Crippen LogP contribution in [0.15, 0.2) is 24.8 Å². The van der Waals surface area contributed by atoms with Gasteiger partial charge in [0, 0.05) is 13.7 Å². The van der Waals surface area contributed by atoms with Crippen LogP contribution in [0.4, 0.5) is 0 Å². The number of allylic oxidation sites excluding steroid dienone is 3. The second-order valence-corrected chi connectivity index (χ2v) is 2.78. The van der Waals surface area contributed by atoms with Gasteiger partial charge in [0.15, 0.2) is 0 Å². The number of hydrogen-bond acceptors (Lipinski definition) is 1. The van der Waals surface area contributed by atoms with Crippen LogP contribution in [0.3, 0.4) is 0 Å². The van der Waals surface area contributed by atoms with E-state index in [4.69, 9.17) is 4.74 Å². The number of hydrogen-bond donors (Lipinski definition) is 0. The van der Waals surface area contributed by atoms with Gasteiger partial charge in [-0.3, -0.25) is 0 Å². The van der Waals surface area contributed by atoms with Crippen LogP contribution in [-0.4, -0.2) is 13.7 Å². The molecule has 0 aromatic carbocycles. The lowest BCUT2D eigenvalue weighted by Gasteiger charge is -1.94. The first kappa shape index (κ1) is 14.9. The standard InChI is InChI=1S/C9H18O.C3H6/c1-3-4-5-6-7-8-9-10-2;1-3-2/h4-5H,3,6-9H2,1-2H3;3H,1H2,2H3/b5-4+;. The molecule has 0 aliphatic rings. The third kappa shape index (κ3) is 24.6. The zero-order chi connectivity index (χ0) is 10.4. The van der Waals surface area contributed by atoms with Crippen LogP contribution >= 0.6 is 0 Å². The van der Waals surface area contributed by atoms with E-state index in [2.05, 4.69) is 25.7 Å². The van der Waals surface area contributed by atoms with Crippen molar-refractivity contribution in [3.8, 4) is 0 Å². The molecule has 0 heterocycles. The van der Waals surface area contributed by atoms with E-state index in [1.54, 1.807) is 13.2 Å². The van der Waals surface area contributed by atoms with Crippen molar-refractivity contribution in [1.29, 1.82) is 0 Å². The third-order valence-corrected chi connectivity index (χ3v) is 1.37. The molecule has 0 atom stereocenters. The molecule has 0 fully saturated rings. The summed E-state index contributed by atoms with van der Waals surface area (Å²) >= 11 is 0. The van der Waals surface area contributed by atoms with Crippen molar-refractivity contribution in [3.05, 3.63) is 24.8 Å². The van der Waals surface area contributed by atoms with Gasteiger partial charge >= 0.3 is 0 Å². The maximum absolute atomic E-state index is 4.92. The van der Waals surface area contributed by atoms with Crippen LogP contribution < -0.4 is 0 Å². The highest BCUT2D eigenvalue weighted by Gasteiger charge is 1.82. The van der Waals surface area contributed by atoms with Gasteiger partial charge in [0.2, 0.25) is 0 Å². The SMILES string of the molecule is C=CC.CC/C=C/CCCCOC. The highest BCUT2D eigenvalue weighted by molar-refractivity contribution is 4.79. The van der Waals surface area contributed by atoms with E-state index in [-0.39, 0.29) is 0 Å². The minimum atomic E-state index is 0.903. The van der Waals surface area contributed by atoms with E-state index in [0.717, 1.165) is 13.0 Å². The highest BCUT2D eigenvalue weighted by atomic mass is 16.5. The van der Waals surface area contributed by atoms with Gasteiger partial charge in [0.05, 0.1) is 0 Å². The normalized spacial score (nSPS) is 9.46. The zero-order valence-corrected chi connectivity index (χ0v) is 9.38. The molecule has 0 spiro atoms. The first-order chi connectivity index (χ1) is 6.33. The topological polar surface area (TPSA) is 9.23 Å². The smallest absolute Gasteiger partial charge is 0.0462 e. The van der Waals surface area contributed by atoms with Crippen molar-refractivity contribution in [3.63, 3.8) is 0 Å². The predicted octanol–water partition coefficient (Wildman–Crippen LogP) is 3.96. The number of unbranched alkanes of at least 4 members (excludes halogenated alkanes) is 2. The third-order valence-electron chi connectivity index (χ3n) is 1.37. The predicted molar refractivity (Wildman–Crippen MR) is 61.0 cm³/mol. The summed E-state index contributed by atoms with van der Waals surface area (Å²) < 4.78 is 4.92. The van der Waals surface area contributed by atoms with E-state index >= 15 is 0 Å². The maximum Gasteiger partial charge on any atom is 0.0462 e. The Labute approximate surface area is 83.5 Å². The molecule has 0 saturated heterocycles. The lowest BCUT2D eigenvalue weighted by atomic mass is 10.2. The molecule has 1 nitrogen and oxygen atoms in total. The Morgan fingerprint density at radius 3 is 2.31 bits per heavy atom. The monoisotopic (exact) mass is 184 g/mol. The fourth-order valence-electron chi connectivity index (χ4n) is 0.793. The number of methoxy groups -OCH3 is 1. The van der Waals surface area contributed by atoms with E-state index in [9.17, 15) is 0 Å². The summed E-state index contributed by atoms with van der Waals surface area (Å²) in [6.07, 6.45) is 11.0. The molecule has 0 amide bonds. The fourth-order valence-corrected chi connectivity index (χ4v) is 0.793. The van der Waals surface area contributed by atoms with Gasteiger partial charge < -0.3 is 4.74 Å². The summed E-state index contributed by atoms with van der Waals surface area (Å²) in [5.74, 6) is 0. The van der Waals surface area contributed by atoms with E-state index in [1.807, 2.05) is 6.92 Å². The molecule has 0 aliphatic heterocycles. The second kappa shape index (κ2) is 17.5. The van der Waals surface area contributed by atoms with Crippen LogP contribution in [0.1, 0.15) is 39.5 Å². The van der Waals surface area contributed by atoms with Gasteiger partial charge in [-0.25, -0.2) is 0 Å². The minimum Gasteiger partial charge on any atom is -0.385 e. The van der Waals surface area contributed by atoms with Crippen molar-refractivity contribution in [2.75, 3.05) is 13.7 Å². The van der Waals surface area contributed by atoms with Crippen LogP contribution in [0.5, 0.6) is 0 Å². The Bertz CT molecular complexity index is 106. The molecular weight excluding hydrogens is 160 g/mol. The average molecular weight is 184 g/mol. The molecule has 0 saturated carbocycles. The van der Waals surface area contributed by atoms with Gasteiger partial charge in [-0.1, -0.05) is 25.2 Å². The van der Waals surface area contributed by atoms with Gasteiger partial charge in [-0.15, -0.1) is 6.58 Å². The van der Waals surface area contributed by atoms with Gasteiger partial charge in [-0.2, -0.15) is 0 Å². The Kier molecular flexibility index (Phi) is 20.1. The van der Waals surface area contributed by atoms with Crippen molar-refractivity contribution in [2.24, 2.45) is 0 Å². The lowest BCUT2D eigenvalue weighted by molar-refractivity contribution is 0.193. The van der Waals surface area contributed by atoms with E-state index in [0.29, 0.717) is 0 Å². The van der Waals surface area contributed by atoms with Gasteiger partial charge in [-0.05, 0) is 32.6 Å². The molecule has 0 bridgehead atoms. The average Bonchev–Trinajstić information content (AvgIpc) is 2.13. The molecule has 0 aliphatic carbocycles. The summed E-state index contributed by atoms with van der Waals surface area (Å²) in [6, 6.07) is 0. The quantitative estimate of drug-likeness (QED) is 0.448. The maximum atomic E-state index is 4.92. The van der Waals surface area contributed by atoms with E-state index < -0.39 is 0 Å². The lowest BCUT2D eigenvalue weighted by Crippen LogP contribution is -1.86. The van der Waals surface area contributed by atoms with Crippen LogP contribution in [0, 0.1) is 0 Å². The molecule has 0 radical (unpaired) electrons. The summed E-state index contributed by atoms with van der Waals surface area (Å²) in [7, 11) is 1.75. The summed E-state index contributed by atoms with van der Waals surface area (Å²) in [6.45, 7) is 8.31. The number of rotatable bonds is 6.